The van der Waals surface area contributed by atoms with E-state index in [4.69, 9.17) is 4.74 Å². The van der Waals surface area contributed by atoms with E-state index in [1.807, 2.05) is 74.8 Å². The van der Waals surface area contributed by atoms with Crippen molar-refractivity contribution in [2.45, 2.75) is 12.5 Å². The molecule has 0 amide bonds. The number of aryl methyl sites for hydroxylation is 1. The predicted molar refractivity (Wildman–Crippen MR) is 138 cm³/mol. The van der Waals surface area contributed by atoms with Gasteiger partial charge in [-0.25, -0.2) is 9.78 Å². The molecule has 10 heteroatoms. The first-order valence-corrected chi connectivity index (χ1v) is 11.9. The van der Waals surface area contributed by atoms with Crippen molar-refractivity contribution in [3.05, 3.63) is 99.0 Å². The van der Waals surface area contributed by atoms with E-state index in [0.29, 0.717) is 35.3 Å². The largest absolute Gasteiger partial charge is 1.00 e. The summed E-state index contributed by atoms with van der Waals surface area (Å²) in [6.45, 7) is 2.07. The molecule has 0 spiro atoms. The van der Waals surface area contributed by atoms with E-state index in [9.17, 15) is 14.4 Å². The Morgan fingerprint density at radius 2 is 1.49 bits per heavy atom. The third-order valence-electron chi connectivity index (χ3n) is 6.61. The van der Waals surface area contributed by atoms with Gasteiger partial charge in [0, 0.05) is 14.1 Å². The number of ether oxygens (including phenoxy) is 1. The highest BCUT2D eigenvalue weighted by Gasteiger charge is 2.25. The summed E-state index contributed by atoms with van der Waals surface area (Å²) in [7, 11) is 7.17. The lowest BCUT2D eigenvalue weighted by molar-refractivity contribution is -0.891. The molecule has 0 fully saturated rings. The normalized spacial score (nSPS) is 11.5. The number of fused-ring (bicyclic) bond motifs is 1. The number of likely N-dealkylation sites (N-methyl/N-ethyl adjacent to an activating group) is 1. The van der Waals surface area contributed by atoms with Gasteiger partial charge >= 0.3 is 11.7 Å². The number of quaternary nitrogens is 1. The number of esters is 1. The Bertz CT molecular complexity index is 1440. The van der Waals surface area contributed by atoms with Crippen LogP contribution in [0.25, 0.3) is 11.2 Å². The molecule has 0 radical (unpaired) electrons. The predicted octanol–water partition coefficient (Wildman–Crippen LogP) is -1.11. The Hall–Kier alpha value is -3.50. The third-order valence-corrected chi connectivity index (χ3v) is 6.61. The van der Waals surface area contributed by atoms with Crippen molar-refractivity contribution in [1.82, 2.24) is 18.7 Å². The average molecular weight is 570 g/mol. The van der Waals surface area contributed by atoms with E-state index in [2.05, 4.69) is 4.98 Å². The molecule has 2 aromatic carbocycles. The van der Waals surface area contributed by atoms with Crippen LogP contribution in [-0.2, 0) is 30.2 Å². The fraction of sp³-hybridized carbons (Fsp3) is 0.333. The first-order chi connectivity index (χ1) is 17.2. The zero-order valence-electron chi connectivity index (χ0n) is 21.5. The topological polar surface area (TPSA) is 88.1 Å². The molecule has 0 saturated carbocycles. The minimum absolute atomic E-state index is 0. The molecule has 196 valence electrons. The maximum Gasteiger partial charge on any atom is 0.332 e. The van der Waals surface area contributed by atoms with Crippen molar-refractivity contribution < 1.29 is 31.0 Å². The summed E-state index contributed by atoms with van der Waals surface area (Å²) in [6.07, 6.45) is 1.59. The number of carbonyl (C=O) groups excluding carboxylic acids is 1. The molecule has 0 aliphatic rings. The minimum Gasteiger partial charge on any atom is -1.00 e. The fourth-order valence-electron chi connectivity index (χ4n) is 4.29. The Labute approximate surface area is 225 Å². The lowest BCUT2D eigenvalue weighted by Crippen LogP contribution is -3.00. The zero-order chi connectivity index (χ0) is 25.9. The quantitative estimate of drug-likeness (QED) is 0.188. The molecule has 2 aromatic heterocycles. The van der Waals surface area contributed by atoms with Crippen LogP contribution in [0, 0.1) is 0 Å². The maximum atomic E-state index is 13.1. The Morgan fingerprint density at radius 3 is 2.05 bits per heavy atom. The van der Waals surface area contributed by atoms with E-state index < -0.39 is 11.6 Å². The second-order valence-electron chi connectivity index (χ2n) is 9.62. The number of nitrogens with zero attached hydrogens (tertiary/aromatic N) is 5. The molecule has 0 aliphatic carbocycles. The molecular weight excluding hydrogens is 538 g/mol. The Morgan fingerprint density at radius 1 is 0.919 bits per heavy atom. The van der Waals surface area contributed by atoms with Gasteiger partial charge in [0.15, 0.2) is 11.2 Å². The second kappa shape index (κ2) is 11.7. The molecule has 0 saturated heterocycles. The number of aromatic nitrogens is 4. The minimum atomic E-state index is -0.483. The first-order valence-electron chi connectivity index (χ1n) is 11.9. The van der Waals surface area contributed by atoms with E-state index in [1.54, 1.807) is 17.9 Å². The lowest BCUT2D eigenvalue weighted by atomic mass is 9.91. The molecule has 0 unspecified atom stereocenters. The van der Waals surface area contributed by atoms with Gasteiger partial charge in [0.25, 0.3) is 5.56 Å². The summed E-state index contributed by atoms with van der Waals surface area (Å²) in [4.78, 5) is 42.3. The molecule has 37 heavy (non-hydrogen) atoms. The van der Waals surface area contributed by atoms with Gasteiger partial charge in [-0.2, -0.15) is 0 Å². The standard InChI is InChI=1S/C27H32N5O4.BrH/c1-29-24-23(25(33)30(2)27(29)35)31(19-28-24)15-16-32(3,4)17-18-36-26(34)22(20-11-7-5-8-12-20)21-13-9-6-10-14-21;/h5-14,19,22H,15-18H2,1-4H3;1H/q+1;/p-1. The SMILES string of the molecule is Cn1c(=O)c2c(ncn2CC[N+](C)(C)CCOC(=O)C(c2ccccc2)c2ccccc2)n(C)c1=O.[Br-]. The number of hydrogen-bond acceptors (Lipinski definition) is 5. The Balaban J connectivity index is 0.00000380. The molecule has 0 N–H and O–H groups in total. The van der Waals surface area contributed by atoms with E-state index >= 15 is 0 Å². The van der Waals surface area contributed by atoms with Crippen LogP contribution < -0.4 is 28.2 Å². The number of carbonyl (C=O) groups is 1. The van der Waals surface area contributed by atoms with Gasteiger partial charge in [-0.05, 0) is 11.1 Å². The fourth-order valence-corrected chi connectivity index (χ4v) is 4.29. The monoisotopic (exact) mass is 569 g/mol. The van der Waals surface area contributed by atoms with E-state index in [0.717, 1.165) is 15.7 Å². The van der Waals surface area contributed by atoms with Crippen LogP contribution >= 0.6 is 0 Å². The summed E-state index contributed by atoms with van der Waals surface area (Å²) in [6, 6.07) is 19.3. The average Bonchev–Trinajstić information content (AvgIpc) is 3.31. The van der Waals surface area contributed by atoms with Crippen LogP contribution in [-0.4, -0.2) is 62.9 Å². The highest BCUT2D eigenvalue weighted by molar-refractivity contribution is 5.82. The van der Waals surface area contributed by atoms with Crippen molar-refractivity contribution in [2.24, 2.45) is 14.1 Å². The van der Waals surface area contributed by atoms with Gasteiger partial charge in [-0.1, -0.05) is 60.7 Å². The summed E-state index contributed by atoms with van der Waals surface area (Å²) >= 11 is 0. The number of halogens is 1. The van der Waals surface area contributed by atoms with Crippen LogP contribution in [0.3, 0.4) is 0 Å². The van der Waals surface area contributed by atoms with E-state index in [-0.39, 0.29) is 35.1 Å². The molecule has 4 rings (SSSR count). The second-order valence-corrected chi connectivity index (χ2v) is 9.62. The maximum absolute atomic E-state index is 13.1. The summed E-state index contributed by atoms with van der Waals surface area (Å²) in [5, 5.41) is 0. The molecule has 0 bridgehead atoms. The molecule has 9 nitrogen and oxygen atoms in total. The van der Waals surface area contributed by atoms with Crippen molar-refractivity contribution in [2.75, 3.05) is 33.8 Å². The van der Waals surface area contributed by atoms with Crippen LogP contribution in [0.5, 0.6) is 0 Å². The van der Waals surface area contributed by atoms with Crippen molar-refractivity contribution in [3.63, 3.8) is 0 Å². The number of imidazole rings is 1. The highest BCUT2D eigenvalue weighted by Crippen LogP contribution is 2.26. The first kappa shape index (κ1) is 28.1. The van der Waals surface area contributed by atoms with Crippen molar-refractivity contribution in [3.8, 4) is 0 Å². The summed E-state index contributed by atoms with van der Waals surface area (Å²) in [5.41, 5.74) is 1.79. The van der Waals surface area contributed by atoms with Gasteiger partial charge in [-0.15, -0.1) is 0 Å². The molecule has 0 aliphatic heterocycles. The number of hydrogen-bond donors (Lipinski definition) is 0. The van der Waals surface area contributed by atoms with Gasteiger partial charge < -0.3 is 30.8 Å². The zero-order valence-corrected chi connectivity index (χ0v) is 23.1. The molecule has 2 heterocycles. The number of benzene rings is 2. The van der Waals surface area contributed by atoms with Crippen LogP contribution in [0.1, 0.15) is 17.0 Å². The number of rotatable bonds is 9. The van der Waals surface area contributed by atoms with Crippen LogP contribution in [0.15, 0.2) is 76.6 Å². The third kappa shape index (κ3) is 6.08. The van der Waals surface area contributed by atoms with Crippen molar-refractivity contribution in [1.29, 1.82) is 0 Å². The van der Waals surface area contributed by atoms with Crippen molar-refractivity contribution >= 4 is 17.1 Å². The summed E-state index contributed by atoms with van der Waals surface area (Å²) < 4.78 is 10.6. The van der Waals surface area contributed by atoms with Gasteiger partial charge in [0.05, 0.1) is 33.5 Å². The molecule has 0 atom stereocenters. The Kier molecular flexibility index (Phi) is 8.88. The molecular formula is C27H32BrN5O4. The summed E-state index contributed by atoms with van der Waals surface area (Å²) in [5.74, 6) is -0.763. The van der Waals surface area contributed by atoms with E-state index in [1.165, 1.54) is 11.6 Å². The molecule has 4 aromatic rings. The smallest absolute Gasteiger partial charge is 0.332 e. The lowest BCUT2D eigenvalue weighted by Gasteiger charge is -2.30. The van der Waals surface area contributed by atoms with Gasteiger partial charge in [0.1, 0.15) is 19.1 Å². The van der Waals surface area contributed by atoms with Crippen LogP contribution in [0.4, 0.5) is 0 Å². The van der Waals surface area contributed by atoms with Gasteiger partial charge in [0.2, 0.25) is 0 Å². The van der Waals surface area contributed by atoms with Gasteiger partial charge in [-0.3, -0.25) is 18.7 Å². The van der Waals surface area contributed by atoms with Crippen LogP contribution in [0.2, 0.25) is 0 Å². The highest BCUT2D eigenvalue weighted by atomic mass is 79.9.